The van der Waals surface area contributed by atoms with Gasteiger partial charge < -0.3 is 14.6 Å². The van der Waals surface area contributed by atoms with Gasteiger partial charge in [0.1, 0.15) is 47.1 Å². The summed E-state index contributed by atoms with van der Waals surface area (Å²) in [4.78, 5) is 10.4. The number of aromatic amines is 1. The van der Waals surface area contributed by atoms with E-state index in [1.54, 1.807) is 18.3 Å². The molecule has 0 saturated carbocycles. The molecule has 1 aliphatic rings. The van der Waals surface area contributed by atoms with Crippen LogP contribution in [-0.4, -0.2) is 14.1 Å². The molecule has 682 valence electrons. The number of pyridine rings is 1. The molecule has 0 unspecified atom stereocenters. The van der Waals surface area contributed by atoms with Crippen molar-refractivity contribution in [2.45, 2.75) is 19.3 Å². The molecule has 25 rings (SSSR count). The van der Waals surface area contributed by atoms with Crippen LogP contribution in [0.3, 0.4) is 0 Å². The van der Waals surface area contributed by atoms with E-state index in [1.165, 1.54) is 155 Å². The van der Waals surface area contributed by atoms with Crippen LogP contribution in [0.15, 0.2) is 443 Å². The number of nitriles is 4. The van der Waals surface area contributed by atoms with Crippen molar-refractivity contribution in [2.24, 2.45) is 0 Å². The zero-order chi connectivity index (χ0) is 98.4. The Morgan fingerprint density at radius 1 is 0.317 bits per heavy atom. The average Bonchev–Trinajstić information content (AvgIpc) is 1.72. The maximum Gasteiger partial charge on any atom is 1.00 e. The Hall–Kier alpha value is -18.9. The average molecular weight is 1870 g/mol. The van der Waals surface area contributed by atoms with Gasteiger partial charge in [-0.3, -0.25) is 4.57 Å². The number of imidazole rings is 1. The second-order valence-corrected chi connectivity index (χ2v) is 35.8. The summed E-state index contributed by atoms with van der Waals surface area (Å²) < 4.78 is 75.5. The number of nitrogens with one attached hydrogen (secondary N) is 1. The van der Waals surface area contributed by atoms with E-state index >= 15 is 0 Å². The first-order chi connectivity index (χ1) is 70.5. The summed E-state index contributed by atoms with van der Waals surface area (Å²) in [6.07, 6.45) is 1.75. The molecule has 1 aliphatic carbocycles. The molecule has 0 bridgehead atoms. The van der Waals surface area contributed by atoms with Crippen molar-refractivity contribution in [1.82, 2.24) is 14.1 Å². The van der Waals surface area contributed by atoms with Gasteiger partial charge >= 0.3 is 18.9 Å². The van der Waals surface area contributed by atoms with Gasteiger partial charge in [0, 0.05) is 72.2 Å². The number of para-hydroxylation sites is 6. The molecule has 1 N–H and O–H groups in total. The van der Waals surface area contributed by atoms with E-state index in [2.05, 4.69) is 433 Å². The van der Waals surface area contributed by atoms with Crippen LogP contribution in [0.2, 0.25) is 0 Å². The van der Waals surface area contributed by atoms with E-state index < -0.39 is 61.4 Å². The third-order valence-electron chi connectivity index (χ3n) is 27.3. The van der Waals surface area contributed by atoms with E-state index in [0.717, 1.165) is 68.3 Å². The quantitative estimate of drug-likeness (QED) is 0.0539. The molecule has 0 radical (unpaired) electrons. The van der Waals surface area contributed by atoms with Gasteiger partial charge in [-0.1, -0.05) is 317 Å². The minimum absolute atomic E-state index is 0. The van der Waals surface area contributed by atoms with Gasteiger partial charge in [0.25, 0.3) is 0 Å². The molecule has 21 aromatic carbocycles. The van der Waals surface area contributed by atoms with Crippen LogP contribution in [-0.2, 0) is 5.41 Å². The number of anilines is 3. The van der Waals surface area contributed by atoms with Gasteiger partial charge in [-0.25, -0.2) is 31.9 Å². The number of rotatable bonds is 11. The molecule has 3 heterocycles. The first-order valence-corrected chi connectivity index (χ1v) is 46.9. The monoisotopic (exact) mass is 1870 g/mol. The van der Waals surface area contributed by atoms with E-state index in [-0.39, 0.29) is 30.0 Å². The number of halogens is 5. The molecule has 0 spiro atoms. The third kappa shape index (κ3) is 16.9. The Balaban J connectivity index is 0.000000128. The molecule has 3 aromatic heterocycles. The summed E-state index contributed by atoms with van der Waals surface area (Å²) in [5.41, 5.74) is 27.3. The zero-order valence-electron chi connectivity index (χ0n) is 78.5. The van der Waals surface area contributed by atoms with Crippen molar-refractivity contribution in [1.29, 1.82) is 21.0 Å². The number of fused-ring (bicyclic) bond motifs is 13. The molecule has 0 saturated heterocycles. The van der Waals surface area contributed by atoms with E-state index in [9.17, 15) is 27.1 Å². The summed E-state index contributed by atoms with van der Waals surface area (Å²) in [6, 6.07) is 160. The van der Waals surface area contributed by atoms with Gasteiger partial charge in [0.2, 0.25) is 5.52 Å². The summed E-state index contributed by atoms with van der Waals surface area (Å²) in [5, 5.41) is 54.5. The van der Waals surface area contributed by atoms with Crippen LogP contribution in [0.25, 0.3) is 198 Å². The Bertz CT molecular complexity index is 9590. The van der Waals surface area contributed by atoms with Crippen molar-refractivity contribution in [2.75, 3.05) is 4.90 Å². The molecule has 0 atom stereocenters. The van der Waals surface area contributed by atoms with Crippen LogP contribution in [0.5, 0.6) is 5.75 Å². The van der Waals surface area contributed by atoms with Crippen LogP contribution in [0, 0.1) is 74.4 Å². The number of nitrogens with zero attached hydrogens (tertiary/aromatic N) is 8. The number of aromatic nitrogens is 4. The van der Waals surface area contributed by atoms with E-state index in [0.29, 0.717) is 11.6 Å². The second-order valence-electron chi connectivity index (χ2n) is 35.8. The van der Waals surface area contributed by atoms with Crippen LogP contribution < -0.4 is 44.3 Å². The molecular formula is C129H80F5LiN9O+. The van der Waals surface area contributed by atoms with Crippen molar-refractivity contribution in [3.05, 3.63) is 494 Å². The number of benzene rings is 21. The van der Waals surface area contributed by atoms with E-state index in [4.69, 9.17) is 26.0 Å². The predicted octanol–water partition coefficient (Wildman–Crippen LogP) is 27.9. The Morgan fingerprint density at radius 3 is 1.39 bits per heavy atom. The first kappa shape index (κ1) is 92.5. The van der Waals surface area contributed by atoms with Crippen molar-refractivity contribution in [3.63, 3.8) is 0 Å². The smallest absolute Gasteiger partial charge is 0.868 e. The number of H-pyrrole nitrogens is 1. The maximum atomic E-state index is 14.4. The molecule has 0 amide bonds. The molecule has 24 aromatic rings. The van der Waals surface area contributed by atoms with Crippen LogP contribution in [0.1, 0.15) is 25.0 Å². The van der Waals surface area contributed by atoms with Gasteiger partial charge in [-0.15, -0.1) is 0 Å². The second kappa shape index (κ2) is 39.1. The Morgan fingerprint density at radius 2 is 0.772 bits per heavy atom. The number of hydrogen-bond donors (Lipinski definition) is 0. The van der Waals surface area contributed by atoms with Crippen LogP contribution >= 0.6 is 0 Å². The minimum atomic E-state index is -2.00. The standard InChI is InChI=1S/C53H34N2.C51H38N2.C16HF5N4.C9H7NO.Li/c1-2-16-44(17-3-1)55-50-21-11-10-20-49(50)54-53(55)38-26-22-37(23-27-38)41-30-31-47-48(34-41)52(43-29-25-36-13-5-7-15-40(36)33-43)46-19-9-8-18-45(46)51(47)42-28-24-35-12-4-6-14-39(35)32-42;1-51(2)47-19-11-9-17-43(47)44-31-30-42(34-48(44)51)52(40-26-21-36(22-27-40)35-13-5-3-6-14-35)41-28-23-37(24-29-41)38-25-32-50-46(33-38)45-18-10-12-20-49(45)53(50)39-15-7-4-8-16-39;17-12-8(6(2-22)3-23)1-9-11(16(12)21)14(19)10(7(4-24)5-25)15(20)13(9)18;11-8-5-1-3-7-4-2-6-10-9(7)8;/h1-34H;3-34H,1-2H3;1H;1-6,11H;/q;;;;+1. The summed E-state index contributed by atoms with van der Waals surface area (Å²) >= 11 is 0. The topological polar surface area (TPSA) is 158 Å². The fraction of sp³-hybridized carbons (Fsp3) is 0.0233. The molecule has 0 aliphatic heterocycles. The van der Waals surface area contributed by atoms with Gasteiger partial charge in [0.15, 0.2) is 29.5 Å². The SMILES string of the molecule is CC1(C)c2ccccc2-c2ccc(N(c3ccc(-c4ccccc4)cc3)c3ccc(-c4ccc5c(c4)c4ccccc4n5-c4ccccc4)cc3)cc21.N#CC(C#N)=c1cc2c(F)c(F)c(=C(C#N)C#N)c(F)c2c(F)c1F.[Li+].[O-]c1cccc2ccc[nH+]c12.c1ccc(-n2c(-c3ccc(-c4ccc5c(-c6ccc7ccccc7c6)c6ccccc6c(-c6ccc7ccccc7c6)c5c4)cc3)nc3ccccc32)cc1. The summed E-state index contributed by atoms with van der Waals surface area (Å²) in [6.45, 7) is 4.70. The molecule has 16 heteroatoms. The third-order valence-corrected chi connectivity index (χ3v) is 27.3. The van der Waals surface area contributed by atoms with Gasteiger partial charge in [0.05, 0.1) is 32.7 Å². The molecule has 0 fully saturated rings. The zero-order valence-corrected chi connectivity index (χ0v) is 78.5. The maximum absolute atomic E-state index is 14.4. The first-order valence-electron chi connectivity index (χ1n) is 46.9. The van der Waals surface area contributed by atoms with Crippen molar-refractivity contribution >= 4 is 126 Å². The normalized spacial score (nSPS) is 11.6. The molecular weight excluding hydrogens is 1790 g/mol. The largest absolute Gasteiger partial charge is 1.00 e. The van der Waals surface area contributed by atoms with Crippen LogP contribution in [0.4, 0.5) is 39.0 Å². The number of hydrogen-bond acceptors (Lipinski definition) is 7. The van der Waals surface area contributed by atoms with Gasteiger partial charge in [-0.2, -0.15) is 21.0 Å². The predicted molar refractivity (Wildman–Crippen MR) is 569 cm³/mol. The molecule has 10 nitrogen and oxygen atoms in total. The molecule has 145 heavy (non-hydrogen) atoms. The summed E-state index contributed by atoms with van der Waals surface area (Å²) in [5.74, 6) is -8.54. The van der Waals surface area contributed by atoms with E-state index in [1.807, 2.05) is 18.2 Å². The van der Waals surface area contributed by atoms with Crippen molar-refractivity contribution in [3.8, 4) is 120 Å². The fourth-order valence-electron chi connectivity index (χ4n) is 20.3. The minimum Gasteiger partial charge on any atom is -0.868 e. The summed E-state index contributed by atoms with van der Waals surface area (Å²) in [7, 11) is 0. The van der Waals surface area contributed by atoms with Crippen molar-refractivity contribution < 1.29 is 50.9 Å². The Labute approximate surface area is 843 Å². The Kier molecular flexibility index (Phi) is 24.9. The fourth-order valence-corrected chi connectivity index (χ4v) is 20.3. The van der Waals surface area contributed by atoms with Gasteiger partial charge in [-0.05, 0) is 254 Å².